The van der Waals surface area contributed by atoms with Crippen molar-refractivity contribution in [1.82, 2.24) is 10.0 Å². The van der Waals surface area contributed by atoms with Crippen molar-refractivity contribution >= 4 is 41.2 Å². The number of nitrogens with two attached hydrogens (primary N) is 1. The molecule has 0 aliphatic heterocycles. The van der Waals surface area contributed by atoms with E-state index in [1.54, 1.807) is 6.07 Å². The minimum absolute atomic E-state index is 0.127. The Hall–Kier alpha value is -2.84. The Kier molecular flexibility index (Phi) is 15.1. The summed E-state index contributed by atoms with van der Waals surface area (Å²) in [7, 11) is 0. The molecule has 2 aromatic rings. The highest BCUT2D eigenvalue weighted by Crippen LogP contribution is 2.40. The van der Waals surface area contributed by atoms with Crippen LogP contribution < -0.4 is 25.4 Å². The molecule has 3 atom stereocenters. The Balaban J connectivity index is 1.49. The number of nitrogens with zero attached hydrogens (tertiary/aromatic N) is 1. The fraction of sp³-hybridized carbons (Fsp3) is 0.529. The molecule has 0 unspecified atom stereocenters. The number of rotatable bonds is 19. The number of ether oxygens (including phenoxy) is 1. The normalized spacial score (nSPS) is 16.8. The maximum absolute atomic E-state index is 12.0. The van der Waals surface area contributed by atoms with Gasteiger partial charge in [0, 0.05) is 36.0 Å². The third-order valence-corrected chi connectivity index (χ3v) is 9.32. The minimum Gasteiger partial charge on any atom is -0.491 e. The van der Waals surface area contributed by atoms with Crippen molar-refractivity contribution in [3.05, 3.63) is 70.8 Å². The van der Waals surface area contributed by atoms with E-state index in [2.05, 4.69) is 47.0 Å². The van der Waals surface area contributed by atoms with E-state index in [9.17, 15) is 9.59 Å². The summed E-state index contributed by atoms with van der Waals surface area (Å²) in [5.74, 6) is 3.01. The molecule has 0 spiro atoms. The predicted molar refractivity (Wildman–Crippen MR) is 181 cm³/mol. The van der Waals surface area contributed by atoms with Crippen LogP contribution in [0.1, 0.15) is 75.2 Å². The van der Waals surface area contributed by atoms with Crippen molar-refractivity contribution in [3.8, 4) is 5.75 Å². The standard InChI is InChI=1S/C34H49ClN4O3S/c1-4-37-34(41)38-43-24-25(3)11-6-7-14-27-16-17-29(27)23-39(5-2)31-22-28(33(36)40)18-19-32(31)42-20-9-8-12-26-13-10-15-30(35)21-26/h6-7,10,13,15,18-19,21-22,25,27,29H,4-5,8-9,11-12,14,16-17,20,23-24H2,1-3H3,(H2,36,40)(H2,37,38,41)/b7-6+/t25-,27+,29-/m0/s1. The number of aryl methyl sites for hydroxylation is 1. The number of urea groups is 1. The Bertz CT molecular complexity index is 1190. The largest absolute Gasteiger partial charge is 0.491 e. The van der Waals surface area contributed by atoms with Gasteiger partial charge in [0.25, 0.3) is 0 Å². The number of benzene rings is 2. The summed E-state index contributed by atoms with van der Waals surface area (Å²) in [5.41, 5.74) is 8.33. The minimum atomic E-state index is -0.426. The first kappa shape index (κ1) is 34.6. The van der Waals surface area contributed by atoms with Crippen LogP contribution in [-0.4, -0.2) is 43.9 Å². The number of hydrogen-bond donors (Lipinski definition) is 3. The number of amides is 3. The number of allylic oxidation sites excluding steroid dienone is 2. The quantitative estimate of drug-likeness (QED) is 0.0844. The number of carbonyl (C=O) groups is 2. The molecule has 0 radical (unpaired) electrons. The molecule has 7 nitrogen and oxygen atoms in total. The number of nitrogens with one attached hydrogen (secondary N) is 2. The number of carbonyl (C=O) groups excluding carboxylic acids is 2. The lowest BCUT2D eigenvalue weighted by molar-refractivity contribution is 0.1000. The molecular formula is C34H49ClN4O3S. The molecule has 1 aliphatic rings. The summed E-state index contributed by atoms with van der Waals surface area (Å²) >= 11 is 7.58. The van der Waals surface area contributed by atoms with Crippen LogP contribution in [0.4, 0.5) is 10.5 Å². The molecule has 2 aromatic carbocycles. The second-order valence-corrected chi connectivity index (χ2v) is 12.7. The van der Waals surface area contributed by atoms with E-state index in [-0.39, 0.29) is 6.03 Å². The van der Waals surface area contributed by atoms with Crippen LogP contribution in [0.3, 0.4) is 0 Å². The average Bonchev–Trinajstić information content (AvgIpc) is 2.97. The van der Waals surface area contributed by atoms with Gasteiger partial charge >= 0.3 is 6.03 Å². The van der Waals surface area contributed by atoms with Gasteiger partial charge in [0.05, 0.1) is 12.3 Å². The first-order valence-corrected chi connectivity index (χ1v) is 17.0. The van der Waals surface area contributed by atoms with Crippen LogP contribution in [-0.2, 0) is 6.42 Å². The number of unbranched alkanes of at least 4 members (excludes halogenated alkanes) is 1. The fourth-order valence-corrected chi connectivity index (χ4v) is 6.25. The Morgan fingerprint density at radius 1 is 1.14 bits per heavy atom. The SMILES string of the molecule is CCNC(=O)NSC[C@@H](C)C/C=C/C[C@@H]1CC[C@H]1CN(CC)c1cc(C(N)=O)ccc1OCCCCc1cccc(Cl)c1. The predicted octanol–water partition coefficient (Wildman–Crippen LogP) is 7.63. The number of primary amides is 1. The van der Waals surface area contributed by atoms with Crippen molar-refractivity contribution in [3.63, 3.8) is 0 Å². The van der Waals surface area contributed by atoms with E-state index in [1.807, 2.05) is 37.3 Å². The van der Waals surface area contributed by atoms with Gasteiger partial charge in [-0.2, -0.15) is 0 Å². The van der Waals surface area contributed by atoms with E-state index in [0.717, 1.165) is 67.4 Å². The van der Waals surface area contributed by atoms with E-state index in [0.29, 0.717) is 36.5 Å². The number of hydrogen-bond acceptors (Lipinski definition) is 5. The molecule has 0 saturated heterocycles. The van der Waals surface area contributed by atoms with Crippen LogP contribution >= 0.6 is 23.5 Å². The lowest BCUT2D eigenvalue weighted by Gasteiger charge is -2.40. The van der Waals surface area contributed by atoms with E-state index in [1.165, 1.54) is 30.4 Å². The van der Waals surface area contributed by atoms with Gasteiger partial charge < -0.3 is 20.7 Å². The molecule has 236 valence electrons. The van der Waals surface area contributed by atoms with Crippen LogP contribution in [0, 0.1) is 17.8 Å². The smallest absolute Gasteiger partial charge is 0.324 e. The zero-order valence-corrected chi connectivity index (χ0v) is 27.5. The molecule has 0 aromatic heterocycles. The molecule has 1 fully saturated rings. The summed E-state index contributed by atoms with van der Waals surface area (Å²) in [6.07, 6.45) is 12.1. The van der Waals surface area contributed by atoms with Gasteiger partial charge in [-0.05, 0) is 124 Å². The number of anilines is 1. The highest BCUT2D eigenvalue weighted by Gasteiger charge is 2.31. The molecule has 1 saturated carbocycles. The molecule has 3 amide bonds. The third kappa shape index (κ3) is 12.0. The third-order valence-electron chi connectivity index (χ3n) is 8.02. The fourth-order valence-electron chi connectivity index (χ4n) is 5.33. The van der Waals surface area contributed by atoms with Crippen molar-refractivity contribution < 1.29 is 14.3 Å². The van der Waals surface area contributed by atoms with Gasteiger partial charge in [-0.3, -0.25) is 9.52 Å². The monoisotopic (exact) mass is 628 g/mol. The first-order valence-electron chi connectivity index (χ1n) is 15.7. The van der Waals surface area contributed by atoms with E-state index >= 15 is 0 Å². The van der Waals surface area contributed by atoms with Gasteiger partial charge in [-0.25, -0.2) is 4.79 Å². The van der Waals surface area contributed by atoms with Crippen LogP contribution in [0.15, 0.2) is 54.6 Å². The summed E-state index contributed by atoms with van der Waals surface area (Å²) in [6.45, 7) is 9.26. The van der Waals surface area contributed by atoms with Gasteiger partial charge in [0.15, 0.2) is 0 Å². The van der Waals surface area contributed by atoms with Crippen LogP contribution in [0.5, 0.6) is 5.75 Å². The molecule has 4 N–H and O–H groups in total. The number of halogens is 1. The molecular weight excluding hydrogens is 580 g/mol. The van der Waals surface area contributed by atoms with Gasteiger partial charge in [-0.1, -0.05) is 42.8 Å². The summed E-state index contributed by atoms with van der Waals surface area (Å²) < 4.78 is 9.09. The van der Waals surface area contributed by atoms with Crippen molar-refractivity contribution in [1.29, 1.82) is 0 Å². The maximum Gasteiger partial charge on any atom is 0.324 e. The zero-order chi connectivity index (χ0) is 31.0. The second-order valence-electron chi connectivity index (χ2n) is 11.4. The summed E-state index contributed by atoms with van der Waals surface area (Å²) in [6, 6.07) is 13.4. The van der Waals surface area contributed by atoms with Crippen LogP contribution in [0.25, 0.3) is 0 Å². The molecule has 0 heterocycles. The van der Waals surface area contributed by atoms with Gasteiger partial charge in [0.2, 0.25) is 5.91 Å². The lowest BCUT2D eigenvalue weighted by atomic mass is 9.71. The molecule has 9 heteroatoms. The highest BCUT2D eigenvalue weighted by atomic mass is 35.5. The van der Waals surface area contributed by atoms with Crippen molar-refractivity contribution in [2.45, 2.75) is 65.7 Å². The van der Waals surface area contributed by atoms with Crippen LogP contribution in [0.2, 0.25) is 5.02 Å². The maximum atomic E-state index is 12.0. The Morgan fingerprint density at radius 3 is 2.65 bits per heavy atom. The zero-order valence-electron chi connectivity index (χ0n) is 25.9. The Morgan fingerprint density at radius 2 is 1.95 bits per heavy atom. The average molecular weight is 629 g/mol. The first-order chi connectivity index (χ1) is 20.8. The summed E-state index contributed by atoms with van der Waals surface area (Å²) in [5, 5.41) is 3.51. The lowest BCUT2D eigenvalue weighted by Crippen LogP contribution is -2.38. The topological polar surface area (TPSA) is 96.7 Å². The summed E-state index contributed by atoms with van der Waals surface area (Å²) in [4.78, 5) is 25.9. The molecule has 0 bridgehead atoms. The molecule has 43 heavy (non-hydrogen) atoms. The van der Waals surface area contributed by atoms with Gasteiger partial charge in [0.1, 0.15) is 5.75 Å². The Labute approximate surface area is 267 Å². The van der Waals surface area contributed by atoms with E-state index in [4.69, 9.17) is 22.1 Å². The highest BCUT2D eigenvalue weighted by molar-refractivity contribution is 7.97. The van der Waals surface area contributed by atoms with Gasteiger partial charge in [-0.15, -0.1) is 0 Å². The molecule has 1 aliphatic carbocycles. The van der Waals surface area contributed by atoms with Crippen molar-refractivity contribution in [2.24, 2.45) is 23.5 Å². The molecule has 3 rings (SSSR count). The van der Waals surface area contributed by atoms with Crippen molar-refractivity contribution in [2.75, 3.05) is 36.9 Å². The van der Waals surface area contributed by atoms with E-state index < -0.39 is 5.91 Å². The second kappa shape index (κ2) is 18.7.